The van der Waals surface area contributed by atoms with Crippen LogP contribution in [0.4, 0.5) is 0 Å². The number of carbonyl (C=O) groups is 1. The van der Waals surface area contributed by atoms with E-state index in [1.54, 1.807) is 11.9 Å². The summed E-state index contributed by atoms with van der Waals surface area (Å²) >= 11 is 7.79. The second-order valence-corrected chi connectivity index (χ2v) is 10.5. The Morgan fingerprint density at radius 2 is 2.03 bits per heavy atom. The van der Waals surface area contributed by atoms with E-state index in [0.717, 1.165) is 65.8 Å². The third kappa shape index (κ3) is 6.60. The van der Waals surface area contributed by atoms with Crippen molar-refractivity contribution < 1.29 is 4.79 Å². The van der Waals surface area contributed by atoms with E-state index in [4.69, 9.17) is 17.0 Å². The Morgan fingerprint density at radius 1 is 1.23 bits per heavy atom. The van der Waals surface area contributed by atoms with Gasteiger partial charge in [-0.25, -0.2) is 4.31 Å². The maximum Gasteiger partial charge on any atom is 0.238 e. The molecule has 8 heteroatoms. The van der Waals surface area contributed by atoms with Crippen molar-refractivity contribution in [1.82, 2.24) is 19.1 Å². The van der Waals surface area contributed by atoms with E-state index in [0.29, 0.717) is 25.5 Å². The van der Waals surface area contributed by atoms with E-state index in [1.807, 2.05) is 41.3 Å². The van der Waals surface area contributed by atoms with Crippen molar-refractivity contribution >= 4 is 41.4 Å². The molecule has 186 valence electrons. The predicted molar refractivity (Wildman–Crippen MR) is 146 cm³/mol. The average Bonchev–Trinajstić information content (AvgIpc) is 3.13. The first kappa shape index (κ1) is 25.6. The van der Waals surface area contributed by atoms with Gasteiger partial charge in [0.2, 0.25) is 5.91 Å². The molecule has 1 aromatic carbocycles. The number of H-pyrrole nitrogens is 1. The molecule has 1 aliphatic heterocycles. The lowest BCUT2D eigenvalue weighted by Crippen LogP contribution is -2.47. The van der Waals surface area contributed by atoms with Crippen LogP contribution in [-0.2, 0) is 17.8 Å². The average molecular weight is 512 g/mol. The van der Waals surface area contributed by atoms with Crippen LogP contribution in [0.5, 0.6) is 0 Å². The summed E-state index contributed by atoms with van der Waals surface area (Å²) in [4.78, 5) is 20.3. The monoisotopic (exact) mass is 511 g/mol. The van der Waals surface area contributed by atoms with Gasteiger partial charge in [-0.2, -0.15) is 0 Å². The summed E-state index contributed by atoms with van der Waals surface area (Å²) in [5, 5.41) is 10.3. The molecule has 0 atom stereocenters. The molecule has 2 N–H and O–H groups in total. The number of rotatable bonds is 9. The summed E-state index contributed by atoms with van der Waals surface area (Å²) in [5.41, 5.74) is 4.28. The largest absolute Gasteiger partial charge is 0.357 e. The maximum atomic E-state index is 12.9. The number of benzene rings is 1. The van der Waals surface area contributed by atoms with E-state index in [2.05, 4.69) is 40.2 Å². The summed E-state index contributed by atoms with van der Waals surface area (Å²) in [7, 11) is 0. The zero-order valence-electron chi connectivity index (χ0n) is 20.5. The zero-order valence-corrected chi connectivity index (χ0v) is 22.1. The van der Waals surface area contributed by atoms with Gasteiger partial charge in [0.05, 0.1) is 11.6 Å². The van der Waals surface area contributed by atoms with Crippen LogP contribution in [0.25, 0.3) is 6.08 Å². The molecule has 0 unspecified atom stereocenters. The Balaban J connectivity index is 1.30. The topological polar surface area (TPSA) is 66.4 Å². The van der Waals surface area contributed by atoms with Crippen molar-refractivity contribution in [3.63, 3.8) is 0 Å². The van der Waals surface area contributed by atoms with Crippen LogP contribution in [-0.4, -0.2) is 63.6 Å². The van der Waals surface area contributed by atoms with Crippen molar-refractivity contribution in [2.45, 2.75) is 44.7 Å². The molecule has 0 radical (unpaired) electrons. The van der Waals surface area contributed by atoms with Gasteiger partial charge in [0.1, 0.15) is 5.84 Å². The number of nitrogens with zero attached hydrogens (tertiary/aromatic N) is 3. The second kappa shape index (κ2) is 12.0. The zero-order chi connectivity index (χ0) is 24.8. The van der Waals surface area contributed by atoms with Crippen molar-refractivity contribution in [3.8, 4) is 0 Å². The first-order valence-electron chi connectivity index (χ1n) is 12.4. The van der Waals surface area contributed by atoms with Crippen LogP contribution in [0.3, 0.4) is 0 Å². The lowest BCUT2D eigenvalue weighted by Gasteiger charge is -2.33. The highest BCUT2D eigenvalue weighted by atomic mass is 35.5. The Bertz CT molecular complexity index is 1110. The number of aromatic amines is 1. The molecule has 2 aliphatic rings. The molecule has 6 nitrogen and oxygen atoms in total. The number of fused-ring (bicyclic) bond motifs is 1. The number of carbonyl (C=O) groups excluding carboxylic acids is 1. The molecule has 35 heavy (non-hydrogen) atoms. The highest BCUT2D eigenvalue weighted by molar-refractivity contribution is 7.97. The van der Waals surface area contributed by atoms with Gasteiger partial charge in [0.15, 0.2) is 0 Å². The second-order valence-electron chi connectivity index (χ2n) is 8.96. The summed E-state index contributed by atoms with van der Waals surface area (Å²) in [6, 6.07) is 10.3. The van der Waals surface area contributed by atoms with Crippen LogP contribution >= 0.6 is 23.5 Å². The number of piperazine rings is 1. The van der Waals surface area contributed by atoms with Gasteiger partial charge in [-0.1, -0.05) is 55.3 Å². The number of amidine groups is 1. The van der Waals surface area contributed by atoms with E-state index in [-0.39, 0.29) is 5.91 Å². The Morgan fingerprint density at radius 3 is 2.74 bits per heavy atom. The van der Waals surface area contributed by atoms with Gasteiger partial charge in [-0.15, -0.1) is 0 Å². The third-order valence-electron chi connectivity index (χ3n) is 6.40. The lowest BCUT2D eigenvalue weighted by atomic mass is 10.1. The molecule has 1 fully saturated rings. The number of hydrogen-bond acceptors (Lipinski definition) is 4. The standard InChI is InChI=1S/C27H34ClN5OS/c1-3-5-13-31(4-2)27(29)21-11-9-20(10-12-21)18-32-14-15-33(19-26(32)34)35-25-16-22-7-6-8-23(28)17-24(22)30-25/h6,8-12,16-17,29-30H,3-5,7,13-15,18-19H2,1-2H3. The summed E-state index contributed by atoms with van der Waals surface area (Å²) in [5.74, 6) is 0.709. The van der Waals surface area contributed by atoms with Gasteiger partial charge in [-0.05, 0) is 61.1 Å². The van der Waals surface area contributed by atoms with Gasteiger partial charge < -0.3 is 14.8 Å². The third-order valence-corrected chi connectivity index (χ3v) is 7.62. The van der Waals surface area contributed by atoms with E-state index < -0.39 is 0 Å². The minimum Gasteiger partial charge on any atom is -0.357 e. The van der Waals surface area contributed by atoms with Crippen molar-refractivity contribution in [3.05, 3.63) is 69.9 Å². The molecular formula is C27H34ClN5OS. The van der Waals surface area contributed by atoms with Crippen LogP contribution in [0.15, 0.2) is 52.5 Å². The summed E-state index contributed by atoms with van der Waals surface area (Å²) < 4.78 is 2.12. The molecule has 1 saturated heterocycles. The van der Waals surface area contributed by atoms with Gasteiger partial charge >= 0.3 is 0 Å². The smallest absolute Gasteiger partial charge is 0.238 e. The molecule has 0 spiro atoms. The minimum atomic E-state index is 0.135. The highest BCUT2D eigenvalue weighted by Crippen LogP contribution is 2.29. The van der Waals surface area contributed by atoms with Crippen LogP contribution in [0, 0.1) is 5.41 Å². The van der Waals surface area contributed by atoms with Gasteiger partial charge in [0.25, 0.3) is 0 Å². The van der Waals surface area contributed by atoms with Crippen molar-refractivity contribution in [2.24, 2.45) is 0 Å². The molecule has 1 aliphatic carbocycles. The molecule has 4 rings (SSSR count). The number of aromatic nitrogens is 1. The molecular weight excluding hydrogens is 478 g/mol. The fourth-order valence-electron chi connectivity index (χ4n) is 4.34. The molecule has 1 amide bonds. The molecule has 0 saturated carbocycles. The van der Waals surface area contributed by atoms with Gasteiger partial charge in [0, 0.05) is 49.0 Å². The minimum absolute atomic E-state index is 0.135. The fourth-order valence-corrected chi connectivity index (χ4v) is 5.51. The van der Waals surface area contributed by atoms with Crippen molar-refractivity contribution in [2.75, 3.05) is 32.7 Å². The Kier molecular flexibility index (Phi) is 8.76. The van der Waals surface area contributed by atoms with Crippen LogP contribution < -0.4 is 0 Å². The number of unbranched alkanes of at least 4 members (excludes halogenated alkanes) is 1. The van der Waals surface area contributed by atoms with Crippen molar-refractivity contribution in [1.29, 1.82) is 5.41 Å². The number of amides is 1. The normalized spacial score (nSPS) is 16.1. The van der Waals surface area contributed by atoms with E-state index in [1.165, 1.54) is 5.56 Å². The van der Waals surface area contributed by atoms with E-state index >= 15 is 0 Å². The molecule has 1 aromatic heterocycles. The predicted octanol–water partition coefficient (Wildman–Crippen LogP) is 5.51. The molecule has 0 bridgehead atoms. The highest BCUT2D eigenvalue weighted by Gasteiger charge is 2.25. The van der Waals surface area contributed by atoms with Gasteiger partial charge in [-0.3, -0.25) is 10.2 Å². The number of nitrogens with one attached hydrogen (secondary N) is 2. The number of hydrogen-bond donors (Lipinski definition) is 2. The van der Waals surface area contributed by atoms with Crippen LogP contribution in [0.1, 0.15) is 49.1 Å². The molecule has 2 aromatic rings. The lowest BCUT2D eigenvalue weighted by molar-refractivity contribution is -0.134. The Hall–Kier alpha value is -2.48. The maximum absolute atomic E-state index is 12.9. The Labute approximate surface area is 217 Å². The number of allylic oxidation sites excluding steroid dienone is 3. The first-order chi connectivity index (χ1) is 17.0. The first-order valence-corrected chi connectivity index (χ1v) is 13.5. The van der Waals surface area contributed by atoms with E-state index in [9.17, 15) is 4.79 Å². The molecule has 2 heterocycles. The SMILES string of the molecule is CCCCN(CC)C(=N)c1ccc(CN2CCN(Sc3cc4c([nH]3)C=C(Cl)C=CC4)CC2=O)cc1. The van der Waals surface area contributed by atoms with Crippen LogP contribution in [0.2, 0.25) is 0 Å². The fraction of sp³-hybridized carbons (Fsp3) is 0.407. The summed E-state index contributed by atoms with van der Waals surface area (Å²) in [6.07, 6.45) is 9.00. The summed E-state index contributed by atoms with van der Waals surface area (Å²) in [6.45, 7) is 8.51. The quantitative estimate of drug-likeness (QED) is 0.265. The number of halogens is 1.